The van der Waals surface area contributed by atoms with Gasteiger partial charge in [-0.2, -0.15) is 0 Å². The Labute approximate surface area is 93.3 Å². The van der Waals surface area contributed by atoms with E-state index in [4.69, 9.17) is 0 Å². The maximum absolute atomic E-state index is 11.8. The predicted octanol–water partition coefficient (Wildman–Crippen LogP) is 1.13. The van der Waals surface area contributed by atoms with Crippen molar-refractivity contribution in [3.8, 4) is 0 Å². The molecule has 4 nitrogen and oxygen atoms in total. The molecule has 16 heavy (non-hydrogen) atoms. The van der Waals surface area contributed by atoms with Gasteiger partial charge in [-0.15, -0.1) is 0 Å². The van der Waals surface area contributed by atoms with E-state index in [1.807, 2.05) is 0 Å². The zero-order valence-corrected chi connectivity index (χ0v) is 9.20. The number of benzene rings is 1. The molecule has 0 radical (unpaired) electrons. The second-order valence-corrected chi connectivity index (χ2v) is 4.49. The number of Topliss-reactive ketones (excluding diaryl/α,β-unsaturated/α-hetero) is 1. The van der Waals surface area contributed by atoms with Gasteiger partial charge in [0.2, 0.25) is 5.91 Å². The van der Waals surface area contributed by atoms with Gasteiger partial charge in [0.1, 0.15) is 5.60 Å². The van der Waals surface area contributed by atoms with Crippen molar-refractivity contribution in [2.75, 3.05) is 5.32 Å². The number of carbonyl (C=O) groups excluding carboxylic acids is 2. The van der Waals surface area contributed by atoms with Crippen molar-refractivity contribution in [2.45, 2.75) is 25.9 Å². The summed E-state index contributed by atoms with van der Waals surface area (Å²) in [6.07, 6.45) is 0.294. The van der Waals surface area contributed by atoms with E-state index in [0.29, 0.717) is 12.0 Å². The molecular formula is C12H13NO3. The first kappa shape index (κ1) is 10.8. The molecule has 1 aromatic rings. The lowest BCUT2D eigenvalue weighted by Crippen LogP contribution is -2.31. The first-order valence-corrected chi connectivity index (χ1v) is 5.08. The normalized spacial score (nSPS) is 14.6. The molecule has 1 amide bonds. The third kappa shape index (κ3) is 1.84. The topological polar surface area (TPSA) is 66.4 Å². The molecule has 1 aromatic carbocycles. The minimum absolute atomic E-state index is 0.0668. The molecule has 0 saturated heterocycles. The number of ketones is 1. The number of nitrogens with one attached hydrogen (secondary N) is 1. The van der Waals surface area contributed by atoms with Crippen molar-refractivity contribution in [1.82, 2.24) is 0 Å². The van der Waals surface area contributed by atoms with Crippen LogP contribution in [-0.4, -0.2) is 22.4 Å². The Morgan fingerprint density at radius 2 is 2.12 bits per heavy atom. The standard InChI is InChI=1S/C12H13NO3/c1-12(2,16)11(15)7-3-4-9-8(5-7)6-10(14)13-9/h3-5,16H,6H2,1-2H3,(H,13,14). The van der Waals surface area contributed by atoms with E-state index in [9.17, 15) is 14.7 Å². The number of aliphatic hydroxyl groups is 1. The van der Waals surface area contributed by atoms with Gasteiger partial charge >= 0.3 is 0 Å². The molecule has 0 spiro atoms. The van der Waals surface area contributed by atoms with Gasteiger partial charge < -0.3 is 10.4 Å². The Morgan fingerprint density at radius 3 is 2.75 bits per heavy atom. The SMILES string of the molecule is CC(C)(O)C(=O)c1ccc2c(c1)CC(=O)N2. The number of anilines is 1. The first-order valence-electron chi connectivity index (χ1n) is 5.08. The fourth-order valence-corrected chi connectivity index (χ4v) is 1.72. The van der Waals surface area contributed by atoms with Crippen molar-refractivity contribution < 1.29 is 14.7 Å². The third-order valence-corrected chi connectivity index (χ3v) is 2.55. The minimum Gasteiger partial charge on any atom is -0.382 e. The highest BCUT2D eigenvalue weighted by Gasteiger charge is 2.27. The van der Waals surface area contributed by atoms with Gasteiger partial charge in [0, 0.05) is 11.3 Å². The van der Waals surface area contributed by atoms with E-state index in [-0.39, 0.29) is 11.7 Å². The van der Waals surface area contributed by atoms with Crippen LogP contribution in [0.15, 0.2) is 18.2 Å². The third-order valence-electron chi connectivity index (χ3n) is 2.55. The van der Waals surface area contributed by atoms with E-state index in [1.165, 1.54) is 13.8 Å². The van der Waals surface area contributed by atoms with E-state index in [0.717, 1.165) is 11.3 Å². The van der Waals surface area contributed by atoms with Gasteiger partial charge in [0.25, 0.3) is 0 Å². The Balaban J connectivity index is 2.37. The zero-order valence-electron chi connectivity index (χ0n) is 9.20. The number of rotatable bonds is 2. The van der Waals surface area contributed by atoms with Crippen LogP contribution in [0.2, 0.25) is 0 Å². The highest BCUT2D eigenvalue weighted by Crippen LogP contribution is 2.25. The quantitative estimate of drug-likeness (QED) is 0.733. The lowest BCUT2D eigenvalue weighted by molar-refractivity contribution is -0.115. The van der Waals surface area contributed by atoms with Crippen LogP contribution in [0.3, 0.4) is 0 Å². The van der Waals surface area contributed by atoms with Crippen molar-refractivity contribution in [1.29, 1.82) is 0 Å². The maximum atomic E-state index is 11.8. The van der Waals surface area contributed by atoms with E-state index < -0.39 is 5.60 Å². The number of carbonyl (C=O) groups is 2. The summed E-state index contributed by atoms with van der Waals surface area (Å²) in [6.45, 7) is 2.90. The smallest absolute Gasteiger partial charge is 0.228 e. The van der Waals surface area contributed by atoms with E-state index in [2.05, 4.69) is 5.32 Å². The summed E-state index contributed by atoms with van der Waals surface area (Å²) >= 11 is 0. The predicted molar refractivity (Wildman–Crippen MR) is 59.4 cm³/mol. The van der Waals surface area contributed by atoms with Crippen LogP contribution in [0.5, 0.6) is 0 Å². The molecule has 2 rings (SSSR count). The molecule has 4 heteroatoms. The molecule has 1 aliphatic rings. The molecule has 0 aliphatic carbocycles. The van der Waals surface area contributed by atoms with Crippen molar-refractivity contribution in [3.05, 3.63) is 29.3 Å². The van der Waals surface area contributed by atoms with Crippen LogP contribution in [0.1, 0.15) is 29.8 Å². The molecular weight excluding hydrogens is 206 g/mol. The fraction of sp³-hybridized carbons (Fsp3) is 0.333. The molecule has 0 atom stereocenters. The first-order chi connectivity index (χ1) is 7.38. The van der Waals surface area contributed by atoms with Crippen LogP contribution in [0, 0.1) is 0 Å². The van der Waals surface area contributed by atoms with E-state index >= 15 is 0 Å². The van der Waals surface area contributed by atoms with Gasteiger partial charge in [-0.1, -0.05) is 0 Å². The Bertz CT molecular complexity index is 472. The molecule has 2 N–H and O–H groups in total. The van der Waals surface area contributed by atoms with Crippen molar-refractivity contribution in [3.63, 3.8) is 0 Å². The summed E-state index contributed by atoms with van der Waals surface area (Å²) in [5.74, 6) is -0.405. The average Bonchev–Trinajstić information content (AvgIpc) is 2.54. The molecule has 1 heterocycles. The van der Waals surface area contributed by atoms with Gasteiger partial charge in [-0.3, -0.25) is 9.59 Å². The maximum Gasteiger partial charge on any atom is 0.228 e. The zero-order chi connectivity index (χ0) is 11.9. The molecule has 84 valence electrons. The highest BCUT2D eigenvalue weighted by atomic mass is 16.3. The van der Waals surface area contributed by atoms with Crippen LogP contribution >= 0.6 is 0 Å². The fourth-order valence-electron chi connectivity index (χ4n) is 1.72. The molecule has 0 saturated carbocycles. The van der Waals surface area contributed by atoms with Crippen LogP contribution in [-0.2, 0) is 11.2 Å². The lowest BCUT2D eigenvalue weighted by Gasteiger charge is -2.15. The Morgan fingerprint density at radius 1 is 1.44 bits per heavy atom. The number of fused-ring (bicyclic) bond motifs is 1. The van der Waals surface area contributed by atoms with Crippen LogP contribution < -0.4 is 5.32 Å². The molecule has 0 aromatic heterocycles. The number of hydrogen-bond donors (Lipinski definition) is 2. The average molecular weight is 219 g/mol. The minimum atomic E-state index is -1.38. The summed E-state index contributed by atoms with van der Waals surface area (Å²) in [5.41, 5.74) is 0.602. The summed E-state index contributed by atoms with van der Waals surface area (Å²) in [7, 11) is 0. The second kappa shape index (κ2) is 3.42. The Kier molecular flexibility index (Phi) is 2.31. The van der Waals surface area contributed by atoms with Gasteiger partial charge in [0.15, 0.2) is 5.78 Å². The molecule has 0 fully saturated rings. The highest BCUT2D eigenvalue weighted by molar-refractivity contribution is 6.04. The Hall–Kier alpha value is -1.68. The monoisotopic (exact) mass is 219 g/mol. The van der Waals surface area contributed by atoms with Gasteiger partial charge in [-0.05, 0) is 37.6 Å². The van der Waals surface area contributed by atoms with E-state index in [1.54, 1.807) is 18.2 Å². The largest absolute Gasteiger partial charge is 0.382 e. The van der Waals surface area contributed by atoms with Gasteiger partial charge in [-0.25, -0.2) is 0 Å². The molecule has 1 aliphatic heterocycles. The summed E-state index contributed by atoms with van der Waals surface area (Å²) in [6, 6.07) is 4.97. The summed E-state index contributed by atoms with van der Waals surface area (Å²) < 4.78 is 0. The van der Waals surface area contributed by atoms with Gasteiger partial charge in [0.05, 0.1) is 6.42 Å². The number of hydrogen-bond acceptors (Lipinski definition) is 3. The second-order valence-electron chi connectivity index (χ2n) is 4.49. The summed E-state index contributed by atoms with van der Waals surface area (Å²) in [5, 5.41) is 12.3. The lowest BCUT2D eigenvalue weighted by atomic mass is 9.95. The van der Waals surface area contributed by atoms with Crippen LogP contribution in [0.25, 0.3) is 0 Å². The summed E-state index contributed by atoms with van der Waals surface area (Å²) in [4.78, 5) is 22.9. The van der Waals surface area contributed by atoms with Crippen molar-refractivity contribution in [2.24, 2.45) is 0 Å². The van der Waals surface area contributed by atoms with Crippen LogP contribution in [0.4, 0.5) is 5.69 Å². The van der Waals surface area contributed by atoms with Crippen molar-refractivity contribution >= 4 is 17.4 Å². The number of amides is 1. The molecule has 0 bridgehead atoms. The molecule has 0 unspecified atom stereocenters.